The van der Waals surface area contributed by atoms with Gasteiger partial charge in [0.2, 0.25) is 21.8 Å². The van der Waals surface area contributed by atoms with Gasteiger partial charge < -0.3 is 9.47 Å². The molecule has 1 aliphatic rings. The molecule has 3 rings (SSSR count). The van der Waals surface area contributed by atoms with Gasteiger partial charge in [-0.3, -0.25) is 4.98 Å². The summed E-state index contributed by atoms with van der Waals surface area (Å²) < 4.78 is 76.2. The molecule has 1 fully saturated rings. The van der Waals surface area contributed by atoms with E-state index in [4.69, 9.17) is 9.47 Å². The largest absolute Gasteiger partial charge is 0.480 e. The van der Waals surface area contributed by atoms with E-state index in [2.05, 4.69) is 9.97 Å². The van der Waals surface area contributed by atoms with Crippen LogP contribution in [0.4, 0.5) is 13.2 Å². The fourth-order valence-corrected chi connectivity index (χ4v) is 4.42. The second kappa shape index (κ2) is 7.92. The fraction of sp³-hybridized carbons (Fsp3) is 0.412. The number of sulfonamides is 1. The Morgan fingerprint density at radius 1 is 1.21 bits per heavy atom. The van der Waals surface area contributed by atoms with E-state index in [1.165, 1.54) is 19.5 Å². The molecule has 7 nitrogen and oxygen atoms in total. The molecule has 2 aromatic rings. The number of nitrogens with zero attached hydrogens (tertiary/aromatic N) is 3. The minimum atomic E-state index is -4.62. The monoisotopic (exact) mass is 417 g/mol. The van der Waals surface area contributed by atoms with Crippen molar-refractivity contribution in [2.24, 2.45) is 0 Å². The van der Waals surface area contributed by atoms with Crippen molar-refractivity contribution in [3.63, 3.8) is 0 Å². The highest BCUT2D eigenvalue weighted by Gasteiger charge is 2.35. The van der Waals surface area contributed by atoms with Gasteiger partial charge in [-0.05, 0) is 31.0 Å². The van der Waals surface area contributed by atoms with E-state index in [0.717, 1.165) is 22.5 Å². The zero-order valence-electron chi connectivity index (χ0n) is 14.9. The maximum Gasteiger partial charge on any atom is 0.416 e. The number of halogens is 3. The summed E-state index contributed by atoms with van der Waals surface area (Å²) in [5, 5.41) is 0. The maximum absolute atomic E-state index is 12.9. The summed E-state index contributed by atoms with van der Waals surface area (Å²) in [7, 11) is -2.66. The zero-order valence-corrected chi connectivity index (χ0v) is 15.7. The predicted octanol–water partition coefficient (Wildman–Crippen LogP) is 2.74. The third kappa shape index (κ3) is 4.53. The lowest BCUT2D eigenvalue weighted by atomic mass is 10.1. The molecule has 152 valence electrons. The van der Waals surface area contributed by atoms with E-state index < -0.39 is 32.8 Å². The van der Waals surface area contributed by atoms with Crippen LogP contribution < -0.4 is 9.47 Å². The van der Waals surface area contributed by atoms with Crippen LogP contribution in [0.3, 0.4) is 0 Å². The Morgan fingerprint density at radius 3 is 2.68 bits per heavy atom. The molecule has 11 heteroatoms. The molecule has 2 heterocycles. The molecule has 1 saturated heterocycles. The van der Waals surface area contributed by atoms with Gasteiger partial charge in [-0.1, -0.05) is 6.07 Å². The first-order chi connectivity index (χ1) is 13.2. The Balaban J connectivity index is 1.77. The van der Waals surface area contributed by atoms with Crippen molar-refractivity contribution in [2.75, 3.05) is 20.2 Å². The second-order valence-electron chi connectivity index (χ2n) is 6.17. The Kier molecular flexibility index (Phi) is 5.75. The SMILES string of the molecule is COc1cncc(OC2CCCN(S(=O)(=O)c3cccc(C(F)(F)F)c3)C2)n1. The molecular weight excluding hydrogens is 399 g/mol. The first-order valence-corrected chi connectivity index (χ1v) is 9.84. The Bertz CT molecular complexity index is 937. The zero-order chi connectivity index (χ0) is 20.4. The molecule has 1 unspecified atom stereocenters. The van der Waals surface area contributed by atoms with Crippen LogP contribution in [0.1, 0.15) is 18.4 Å². The van der Waals surface area contributed by atoms with Gasteiger partial charge in [0, 0.05) is 6.54 Å². The Hall–Kier alpha value is -2.40. The molecule has 0 amide bonds. The van der Waals surface area contributed by atoms with Crippen LogP contribution in [-0.4, -0.2) is 49.0 Å². The normalized spacial score (nSPS) is 18.6. The van der Waals surface area contributed by atoms with Crippen molar-refractivity contribution in [1.29, 1.82) is 0 Å². The van der Waals surface area contributed by atoms with E-state index in [1.54, 1.807) is 0 Å². The molecule has 1 aliphatic heterocycles. The highest BCUT2D eigenvalue weighted by molar-refractivity contribution is 7.89. The lowest BCUT2D eigenvalue weighted by Crippen LogP contribution is -2.44. The van der Waals surface area contributed by atoms with Crippen LogP contribution in [0.25, 0.3) is 0 Å². The van der Waals surface area contributed by atoms with Crippen molar-refractivity contribution in [3.05, 3.63) is 42.2 Å². The summed E-state index contributed by atoms with van der Waals surface area (Å²) in [6, 6.07) is 3.72. The number of hydrogen-bond donors (Lipinski definition) is 0. The maximum atomic E-state index is 12.9. The van der Waals surface area contributed by atoms with Gasteiger partial charge in [-0.15, -0.1) is 0 Å². The number of piperidine rings is 1. The molecule has 0 aliphatic carbocycles. The molecule has 1 atom stereocenters. The number of alkyl halides is 3. The van der Waals surface area contributed by atoms with Crippen LogP contribution in [-0.2, 0) is 16.2 Å². The minimum absolute atomic E-state index is 0.00251. The number of hydrogen-bond acceptors (Lipinski definition) is 6. The van der Waals surface area contributed by atoms with Gasteiger partial charge in [0.15, 0.2) is 0 Å². The molecule has 0 N–H and O–H groups in total. The quantitative estimate of drug-likeness (QED) is 0.744. The van der Waals surface area contributed by atoms with Crippen molar-refractivity contribution in [2.45, 2.75) is 30.0 Å². The van der Waals surface area contributed by atoms with Crippen LogP contribution in [0.15, 0.2) is 41.6 Å². The van der Waals surface area contributed by atoms with Gasteiger partial charge in [-0.2, -0.15) is 22.5 Å². The smallest absolute Gasteiger partial charge is 0.416 e. The molecule has 0 spiro atoms. The summed E-state index contributed by atoms with van der Waals surface area (Å²) in [4.78, 5) is 7.59. The second-order valence-corrected chi connectivity index (χ2v) is 8.11. The summed E-state index contributed by atoms with van der Waals surface area (Å²) in [5.41, 5.74) is -1.01. The minimum Gasteiger partial charge on any atom is -0.480 e. The van der Waals surface area contributed by atoms with Gasteiger partial charge in [0.1, 0.15) is 6.10 Å². The van der Waals surface area contributed by atoms with E-state index in [9.17, 15) is 21.6 Å². The molecule has 0 radical (unpaired) electrons. The highest BCUT2D eigenvalue weighted by Crippen LogP contribution is 2.31. The van der Waals surface area contributed by atoms with Crippen molar-refractivity contribution < 1.29 is 31.1 Å². The van der Waals surface area contributed by atoms with Gasteiger partial charge in [-0.25, -0.2) is 8.42 Å². The first-order valence-electron chi connectivity index (χ1n) is 8.40. The van der Waals surface area contributed by atoms with Crippen LogP contribution in [0.5, 0.6) is 11.8 Å². The number of aromatic nitrogens is 2. The van der Waals surface area contributed by atoms with E-state index in [-0.39, 0.29) is 24.8 Å². The van der Waals surface area contributed by atoms with Gasteiger partial charge in [0.05, 0.1) is 36.5 Å². The number of rotatable bonds is 5. The average Bonchev–Trinajstić information content (AvgIpc) is 2.68. The lowest BCUT2D eigenvalue weighted by molar-refractivity contribution is -0.137. The standard InChI is InChI=1S/C17H18F3N3O4S/c1-26-15-9-21-10-16(22-15)27-13-5-3-7-23(11-13)28(24,25)14-6-2-4-12(8-14)17(18,19)20/h2,4,6,8-10,13H,3,5,7,11H2,1H3. The van der Waals surface area contributed by atoms with Crippen LogP contribution >= 0.6 is 0 Å². The van der Waals surface area contributed by atoms with Gasteiger partial charge >= 0.3 is 6.18 Å². The van der Waals surface area contributed by atoms with Crippen LogP contribution in [0.2, 0.25) is 0 Å². The molecule has 28 heavy (non-hydrogen) atoms. The number of benzene rings is 1. The molecular formula is C17H18F3N3O4S. The van der Waals surface area contributed by atoms with E-state index in [1.807, 2.05) is 0 Å². The third-order valence-electron chi connectivity index (χ3n) is 4.23. The predicted molar refractivity (Wildman–Crippen MR) is 92.4 cm³/mol. The Morgan fingerprint density at radius 2 is 1.96 bits per heavy atom. The number of ether oxygens (including phenoxy) is 2. The summed E-state index contributed by atoms with van der Waals surface area (Å²) in [6.07, 6.45) is -1.27. The van der Waals surface area contributed by atoms with Crippen LogP contribution in [0, 0.1) is 0 Å². The fourth-order valence-electron chi connectivity index (χ4n) is 2.86. The third-order valence-corrected chi connectivity index (χ3v) is 6.09. The molecule has 1 aromatic carbocycles. The first kappa shape index (κ1) is 20.3. The number of methoxy groups -OCH3 is 1. The summed E-state index contributed by atoms with van der Waals surface area (Å²) in [5.74, 6) is 0.435. The van der Waals surface area contributed by atoms with Crippen molar-refractivity contribution in [1.82, 2.24) is 14.3 Å². The lowest BCUT2D eigenvalue weighted by Gasteiger charge is -2.31. The van der Waals surface area contributed by atoms with E-state index in [0.29, 0.717) is 18.9 Å². The van der Waals surface area contributed by atoms with E-state index >= 15 is 0 Å². The van der Waals surface area contributed by atoms with Crippen molar-refractivity contribution >= 4 is 10.0 Å². The summed E-state index contributed by atoms with van der Waals surface area (Å²) >= 11 is 0. The highest BCUT2D eigenvalue weighted by atomic mass is 32.2. The summed E-state index contributed by atoms with van der Waals surface area (Å²) in [6.45, 7) is 0.194. The Labute approximate surface area is 160 Å². The molecule has 0 saturated carbocycles. The average molecular weight is 417 g/mol. The topological polar surface area (TPSA) is 81.6 Å². The van der Waals surface area contributed by atoms with Crippen molar-refractivity contribution in [3.8, 4) is 11.8 Å². The van der Waals surface area contributed by atoms with Gasteiger partial charge in [0.25, 0.3) is 0 Å². The molecule has 0 bridgehead atoms. The molecule has 1 aromatic heterocycles.